The van der Waals surface area contributed by atoms with Crippen LogP contribution in [0.5, 0.6) is 0 Å². The highest BCUT2D eigenvalue weighted by Crippen LogP contribution is 2.24. The number of hydrogen-bond acceptors (Lipinski definition) is 3. The van der Waals surface area contributed by atoms with E-state index < -0.39 is 5.60 Å². The minimum atomic E-state index is -0.893. The van der Waals surface area contributed by atoms with Crippen molar-refractivity contribution < 1.29 is 9.90 Å². The van der Waals surface area contributed by atoms with Gasteiger partial charge < -0.3 is 10.0 Å². The number of hydrogen-bond donors (Lipinski definition) is 1. The van der Waals surface area contributed by atoms with Crippen molar-refractivity contribution in [2.24, 2.45) is 0 Å². The zero-order valence-corrected chi connectivity index (χ0v) is 11.2. The average molecular weight is 262 g/mol. The van der Waals surface area contributed by atoms with Gasteiger partial charge >= 0.3 is 0 Å². The molecular formula is C11H16ClNO2S. The maximum absolute atomic E-state index is 12.1. The number of carbonyl (C=O) groups is 1. The van der Waals surface area contributed by atoms with E-state index in [1.165, 1.54) is 11.3 Å². The molecule has 1 heterocycles. The van der Waals surface area contributed by atoms with Crippen molar-refractivity contribution in [1.29, 1.82) is 0 Å². The number of halogens is 1. The molecule has 3 nitrogen and oxygen atoms in total. The second kappa shape index (κ2) is 5.17. The molecule has 1 rings (SSSR count). The van der Waals surface area contributed by atoms with Crippen LogP contribution >= 0.6 is 22.9 Å². The van der Waals surface area contributed by atoms with E-state index in [-0.39, 0.29) is 5.91 Å². The van der Waals surface area contributed by atoms with Crippen LogP contribution < -0.4 is 0 Å². The molecule has 0 spiro atoms. The fourth-order valence-electron chi connectivity index (χ4n) is 1.38. The van der Waals surface area contributed by atoms with Gasteiger partial charge in [0.15, 0.2) is 0 Å². The van der Waals surface area contributed by atoms with E-state index in [9.17, 15) is 9.90 Å². The predicted molar refractivity (Wildman–Crippen MR) is 67.2 cm³/mol. The monoisotopic (exact) mass is 261 g/mol. The highest BCUT2D eigenvalue weighted by molar-refractivity contribution is 7.12. The van der Waals surface area contributed by atoms with E-state index in [4.69, 9.17) is 11.6 Å². The quantitative estimate of drug-likeness (QED) is 0.905. The lowest BCUT2D eigenvalue weighted by atomic mass is 10.1. The van der Waals surface area contributed by atoms with Crippen molar-refractivity contribution in [3.05, 3.63) is 21.3 Å². The van der Waals surface area contributed by atoms with Gasteiger partial charge in [0, 0.05) is 13.1 Å². The first-order valence-corrected chi connectivity index (χ1v) is 6.35. The third-order valence-electron chi connectivity index (χ3n) is 2.06. The Hall–Kier alpha value is -0.580. The molecule has 0 aliphatic carbocycles. The van der Waals surface area contributed by atoms with Gasteiger partial charge in [0.2, 0.25) is 0 Å². The Labute approximate surface area is 105 Å². The second-order valence-corrected chi connectivity index (χ2v) is 5.55. The minimum Gasteiger partial charge on any atom is -0.389 e. The summed E-state index contributed by atoms with van der Waals surface area (Å²) in [5.41, 5.74) is -0.893. The summed E-state index contributed by atoms with van der Waals surface area (Å²) in [5.74, 6) is -0.121. The first-order valence-electron chi connectivity index (χ1n) is 5.10. The topological polar surface area (TPSA) is 40.5 Å². The summed E-state index contributed by atoms with van der Waals surface area (Å²) in [5, 5.41) is 12.0. The lowest BCUT2D eigenvalue weighted by Crippen LogP contribution is -2.41. The molecule has 0 bridgehead atoms. The predicted octanol–water partition coefficient (Wildman–Crippen LogP) is 2.63. The third-order valence-corrected chi connectivity index (χ3v) is 3.39. The van der Waals surface area contributed by atoms with Gasteiger partial charge in [-0.15, -0.1) is 11.3 Å². The number of likely N-dealkylation sites (N-methyl/N-ethyl adjacent to an activating group) is 1. The van der Waals surface area contributed by atoms with Gasteiger partial charge in [0.25, 0.3) is 5.91 Å². The summed E-state index contributed by atoms with van der Waals surface area (Å²) in [6, 6.07) is 1.71. The molecule has 0 aromatic carbocycles. The zero-order chi connectivity index (χ0) is 12.3. The molecule has 0 saturated carbocycles. The van der Waals surface area contributed by atoms with Crippen LogP contribution in [0.3, 0.4) is 0 Å². The molecule has 5 heteroatoms. The maximum atomic E-state index is 12.1. The van der Waals surface area contributed by atoms with E-state index in [0.29, 0.717) is 23.0 Å². The van der Waals surface area contributed by atoms with Gasteiger partial charge in [-0.05, 0) is 32.2 Å². The summed E-state index contributed by atoms with van der Waals surface area (Å²) in [7, 11) is 0. The van der Waals surface area contributed by atoms with Crippen molar-refractivity contribution in [2.45, 2.75) is 26.4 Å². The average Bonchev–Trinajstić information content (AvgIpc) is 2.58. The van der Waals surface area contributed by atoms with Gasteiger partial charge in [-0.25, -0.2) is 0 Å². The number of aliphatic hydroxyl groups is 1. The summed E-state index contributed by atoms with van der Waals surface area (Å²) in [4.78, 5) is 14.2. The molecule has 0 saturated heterocycles. The van der Waals surface area contributed by atoms with Crippen LogP contribution in [0.4, 0.5) is 0 Å². The Morgan fingerprint density at radius 1 is 1.62 bits per heavy atom. The van der Waals surface area contributed by atoms with Crippen LogP contribution in [0.1, 0.15) is 30.4 Å². The van der Waals surface area contributed by atoms with E-state index >= 15 is 0 Å². The summed E-state index contributed by atoms with van der Waals surface area (Å²) < 4.78 is 0. The molecular weight excluding hydrogens is 246 g/mol. The molecule has 1 amide bonds. The van der Waals surface area contributed by atoms with Gasteiger partial charge in [-0.3, -0.25) is 4.79 Å². The number of nitrogens with zero attached hydrogens (tertiary/aromatic N) is 1. The van der Waals surface area contributed by atoms with Crippen LogP contribution in [0, 0.1) is 0 Å². The number of carbonyl (C=O) groups excluding carboxylic acids is 1. The minimum absolute atomic E-state index is 0.121. The largest absolute Gasteiger partial charge is 0.389 e. The highest BCUT2D eigenvalue weighted by atomic mass is 35.5. The Balaban J connectivity index is 2.82. The van der Waals surface area contributed by atoms with Gasteiger partial charge in [-0.1, -0.05) is 11.6 Å². The normalized spacial score (nSPS) is 11.6. The molecule has 0 radical (unpaired) electrons. The standard InChI is InChI=1S/C11H16ClNO2S/c1-4-13(7-11(2,3)15)10(14)9-8(12)5-6-16-9/h5-6,15H,4,7H2,1-3H3. The van der Waals surface area contributed by atoms with Crippen LogP contribution in [0.15, 0.2) is 11.4 Å². The Morgan fingerprint density at radius 2 is 2.25 bits per heavy atom. The second-order valence-electron chi connectivity index (χ2n) is 4.23. The molecule has 0 aliphatic rings. The number of rotatable bonds is 4. The Kier molecular flexibility index (Phi) is 4.35. The van der Waals surface area contributed by atoms with Crippen molar-refractivity contribution >= 4 is 28.8 Å². The molecule has 0 fully saturated rings. The molecule has 0 aliphatic heterocycles. The van der Waals surface area contributed by atoms with Crippen molar-refractivity contribution in [2.75, 3.05) is 13.1 Å². The molecule has 1 N–H and O–H groups in total. The summed E-state index contributed by atoms with van der Waals surface area (Å²) in [6.45, 7) is 6.09. The maximum Gasteiger partial charge on any atom is 0.265 e. The van der Waals surface area contributed by atoms with E-state index in [2.05, 4.69) is 0 Å². The molecule has 0 unspecified atom stereocenters. The molecule has 0 atom stereocenters. The van der Waals surface area contributed by atoms with E-state index in [1.54, 1.807) is 30.2 Å². The van der Waals surface area contributed by atoms with Crippen LogP contribution in [0.2, 0.25) is 5.02 Å². The van der Waals surface area contributed by atoms with Crippen LogP contribution in [0.25, 0.3) is 0 Å². The number of thiophene rings is 1. The summed E-state index contributed by atoms with van der Waals surface area (Å²) in [6.07, 6.45) is 0. The van der Waals surface area contributed by atoms with Gasteiger partial charge in [0.1, 0.15) is 4.88 Å². The first-order chi connectivity index (χ1) is 7.35. The third kappa shape index (κ3) is 3.47. The van der Waals surface area contributed by atoms with Gasteiger partial charge in [0.05, 0.1) is 10.6 Å². The Morgan fingerprint density at radius 3 is 2.62 bits per heavy atom. The fraction of sp³-hybridized carbons (Fsp3) is 0.545. The molecule has 1 aromatic heterocycles. The van der Waals surface area contributed by atoms with E-state index in [0.717, 1.165) is 0 Å². The highest BCUT2D eigenvalue weighted by Gasteiger charge is 2.24. The number of amides is 1. The molecule has 90 valence electrons. The van der Waals surface area contributed by atoms with Gasteiger partial charge in [-0.2, -0.15) is 0 Å². The zero-order valence-electron chi connectivity index (χ0n) is 9.66. The van der Waals surface area contributed by atoms with Crippen molar-refractivity contribution in [3.8, 4) is 0 Å². The summed E-state index contributed by atoms with van der Waals surface area (Å²) >= 11 is 7.23. The Bertz CT molecular complexity index is 370. The lowest BCUT2D eigenvalue weighted by Gasteiger charge is -2.27. The smallest absolute Gasteiger partial charge is 0.265 e. The lowest BCUT2D eigenvalue weighted by molar-refractivity contribution is 0.0317. The van der Waals surface area contributed by atoms with Crippen molar-refractivity contribution in [3.63, 3.8) is 0 Å². The SMILES string of the molecule is CCN(CC(C)(C)O)C(=O)c1sccc1Cl. The first kappa shape index (κ1) is 13.5. The van der Waals surface area contributed by atoms with Crippen molar-refractivity contribution in [1.82, 2.24) is 4.90 Å². The molecule has 1 aromatic rings. The van der Waals surface area contributed by atoms with Crippen LogP contribution in [-0.2, 0) is 0 Å². The molecule has 16 heavy (non-hydrogen) atoms. The van der Waals surface area contributed by atoms with E-state index in [1.807, 2.05) is 6.92 Å². The van der Waals surface area contributed by atoms with Crippen LogP contribution in [-0.4, -0.2) is 34.6 Å². The fourth-order valence-corrected chi connectivity index (χ4v) is 2.49.